The summed E-state index contributed by atoms with van der Waals surface area (Å²) in [6.45, 7) is 1.18. The molecule has 2 rings (SSSR count). The summed E-state index contributed by atoms with van der Waals surface area (Å²) in [7, 11) is -0.437. The predicted molar refractivity (Wildman–Crippen MR) is 59.9 cm³/mol. The van der Waals surface area contributed by atoms with Gasteiger partial charge in [0.15, 0.2) is 5.03 Å². The maximum absolute atomic E-state index is 11.8. The van der Waals surface area contributed by atoms with Crippen LogP contribution in [0.4, 0.5) is 0 Å². The minimum atomic E-state index is -3.43. The molecule has 0 atom stereocenters. The Kier molecular flexibility index (Phi) is 2.81. The number of aromatic nitrogens is 2. The number of fused-ring (bicyclic) bond motifs is 1. The van der Waals surface area contributed by atoms with Crippen LogP contribution in [0.3, 0.4) is 0 Å². The van der Waals surface area contributed by atoms with Gasteiger partial charge in [-0.1, -0.05) is 0 Å². The molecule has 0 aliphatic carbocycles. The van der Waals surface area contributed by atoms with Crippen molar-refractivity contribution in [2.24, 2.45) is 4.99 Å². The topological polar surface area (TPSA) is 67.6 Å². The minimum absolute atomic E-state index is 0.101. The zero-order chi connectivity index (χ0) is 11.8. The van der Waals surface area contributed by atoms with Crippen LogP contribution in [0.25, 0.3) is 0 Å². The van der Waals surface area contributed by atoms with Crippen molar-refractivity contribution in [1.29, 1.82) is 0 Å². The molecule has 1 aromatic rings. The van der Waals surface area contributed by atoms with Crippen molar-refractivity contribution in [3.63, 3.8) is 0 Å². The number of hydrogen-bond donors (Lipinski definition) is 0. The van der Waals surface area contributed by atoms with Gasteiger partial charge in [-0.15, -0.1) is 0 Å². The first-order valence-corrected chi connectivity index (χ1v) is 6.43. The second kappa shape index (κ2) is 3.99. The maximum Gasteiger partial charge on any atom is 0.261 e. The molecule has 88 valence electrons. The van der Waals surface area contributed by atoms with Crippen molar-refractivity contribution in [3.8, 4) is 0 Å². The molecule has 0 aromatic carbocycles. The Labute approximate surface area is 94.6 Å². The van der Waals surface area contributed by atoms with Crippen molar-refractivity contribution in [3.05, 3.63) is 11.8 Å². The normalized spacial score (nSPS) is 16.2. The lowest BCUT2D eigenvalue weighted by Crippen LogP contribution is -2.22. The molecule has 0 fully saturated rings. The Bertz CT molecular complexity index is 516. The van der Waals surface area contributed by atoms with Gasteiger partial charge in [0.05, 0.1) is 12.2 Å². The Balaban J connectivity index is 2.43. The first-order chi connectivity index (χ1) is 7.51. The van der Waals surface area contributed by atoms with E-state index < -0.39 is 10.0 Å². The molecule has 0 N–H and O–H groups in total. The number of hydrogen-bond acceptors (Lipinski definition) is 4. The van der Waals surface area contributed by atoms with E-state index in [0.29, 0.717) is 13.1 Å². The first-order valence-electron chi connectivity index (χ1n) is 4.99. The van der Waals surface area contributed by atoms with Gasteiger partial charge < -0.3 is 0 Å². The molecule has 16 heavy (non-hydrogen) atoms. The SMILES string of the molecule is CN(C)S(=O)(=O)c1cc2n(n1)CCC=NC2. The third-order valence-corrected chi connectivity index (χ3v) is 4.13. The number of aliphatic imine (C=N–C) groups is 1. The second-order valence-electron chi connectivity index (χ2n) is 3.80. The fourth-order valence-electron chi connectivity index (χ4n) is 1.49. The Hall–Kier alpha value is -1.21. The molecule has 0 amide bonds. The van der Waals surface area contributed by atoms with E-state index in [2.05, 4.69) is 10.1 Å². The highest BCUT2D eigenvalue weighted by Crippen LogP contribution is 2.15. The van der Waals surface area contributed by atoms with Crippen molar-refractivity contribution in [2.45, 2.75) is 24.5 Å². The highest BCUT2D eigenvalue weighted by molar-refractivity contribution is 7.89. The van der Waals surface area contributed by atoms with Crippen molar-refractivity contribution < 1.29 is 8.42 Å². The molecule has 0 saturated carbocycles. The summed E-state index contributed by atoms with van der Waals surface area (Å²) >= 11 is 0. The summed E-state index contributed by atoms with van der Waals surface area (Å²) in [6.07, 6.45) is 2.63. The van der Waals surface area contributed by atoms with Crippen LogP contribution in [-0.4, -0.2) is 42.8 Å². The summed E-state index contributed by atoms with van der Waals surface area (Å²) in [6, 6.07) is 1.60. The fourth-order valence-corrected chi connectivity index (χ4v) is 2.35. The lowest BCUT2D eigenvalue weighted by atomic mass is 10.4. The van der Waals surface area contributed by atoms with E-state index in [1.165, 1.54) is 18.4 Å². The summed E-state index contributed by atoms with van der Waals surface area (Å²) < 4.78 is 26.6. The molecule has 0 saturated heterocycles. The average Bonchev–Trinajstić information content (AvgIpc) is 2.51. The van der Waals surface area contributed by atoms with E-state index in [4.69, 9.17) is 0 Å². The van der Waals surface area contributed by atoms with Crippen LogP contribution in [0.1, 0.15) is 12.1 Å². The number of rotatable bonds is 2. The lowest BCUT2D eigenvalue weighted by Gasteiger charge is -2.07. The van der Waals surface area contributed by atoms with Gasteiger partial charge in [-0.2, -0.15) is 5.10 Å². The number of nitrogens with zero attached hydrogens (tertiary/aromatic N) is 4. The van der Waals surface area contributed by atoms with Crippen molar-refractivity contribution >= 4 is 16.2 Å². The largest absolute Gasteiger partial charge is 0.291 e. The lowest BCUT2D eigenvalue weighted by molar-refractivity contribution is 0.510. The van der Waals surface area contributed by atoms with Gasteiger partial charge in [0.25, 0.3) is 10.0 Å². The Morgan fingerprint density at radius 2 is 2.19 bits per heavy atom. The molecule has 1 aliphatic heterocycles. The molecular formula is C9H14N4O2S. The van der Waals surface area contributed by atoms with Gasteiger partial charge in [-0.3, -0.25) is 9.67 Å². The van der Waals surface area contributed by atoms with Gasteiger partial charge in [-0.25, -0.2) is 12.7 Å². The van der Waals surface area contributed by atoms with E-state index in [-0.39, 0.29) is 5.03 Å². The van der Waals surface area contributed by atoms with Gasteiger partial charge in [0, 0.05) is 39.3 Å². The molecule has 7 heteroatoms. The van der Waals surface area contributed by atoms with Crippen LogP contribution < -0.4 is 0 Å². The highest BCUT2D eigenvalue weighted by atomic mass is 32.2. The zero-order valence-electron chi connectivity index (χ0n) is 9.29. The Morgan fingerprint density at radius 1 is 1.44 bits per heavy atom. The smallest absolute Gasteiger partial charge is 0.261 e. The van der Waals surface area contributed by atoms with Crippen LogP contribution in [0.2, 0.25) is 0 Å². The van der Waals surface area contributed by atoms with Crippen molar-refractivity contribution in [2.75, 3.05) is 14.1 Å². The molecule has 1 aliphatic rings. The summed E-state index contributed by atoms with van der Waals surface area (Å²) in [5, 5.41) is 4.21. The minimum Gasteiger partial charge on any atom is -0.291 e. The third kappa shape index (κ3) is 1.88. The fraction of sp³-hybridized carbons (Fsp3) is 0.556. The molecular weight excluding hydrogens is 228 g/mol. The molecule has 6 nitrogen and oxygen atoms in total. The van der Waals surface area contributed by atoms with Gasteiger partial charge in [-0.05, 0) is 0 Å². The number of aryl methyl sites for hydroxylation is 1. The summed E-state index contributed by atoms with van der Waals surface area (Å²) in [5.74, 6) is 0. The molecule has 0 bridgehead atoms. The van der Waals surface area contributed by atoms with Crippen LogP contribution in [0, 0.1) is 0 Å². The summed E-state index contributed by atoms with van der Waals surface area (Å²) in [4.78, 5) is 4.16. The molecule has 0 radical (unpaired) electrons. The van der Waals surface area contributed by atoms with Gasteiger partial charge >= 0.3 is 0 Å². The average molecular weight is 242 g/mol. The van der Waals surface area contributed by atoms with Gasteiger partial charge in [0.2, 0.25) is 0 Å². The van der Waals surface area contributed by atoms with E-state index in [1.54, 1.807) is 10.7 Å². The quantitative estimate of drug-likeness (QED) is 0.739. The van der Waals surface area contributed by atoms with E-state index in [1.807, 2.05) is 6.21 Å². The van der Waals surface area contributed by atoms with Crippen LogP contribution in [-0.2, 0) is 23.1 Å². The second-order valence-corrected chi connectivity index (χ2v) is 5.90. The molecule has 0 unspecified atom stereocenters. The first kappa shape index (κ1) is 11.3. The monoisotopic (exact) mass is 242 g/mol. The number of sulfonamides is 1. The van der Waals surface area contributed by atoms with E-state index in [9.17, 15) is 8.42 Å². The van der Waals surface area contributed by atoms with Crippen LogP contribution in [0.5, 0.6) is 0 Å². The highest BCUT2D eigenvalue weighted by Gasteiger charge is 2.22. The predicted octanol–water partition coefficient (Wildman–Crippen LogP) is 0.108. The van der Waals surface area contributed by atoms with E-state index >= 15 is 0 Å². The van der Waals surface area contributed by atoms with Crippen LogP contribution >= 0.6 is 0 Å². The van der Waals surface area contributed by atoms with Crippen molar-refractivity contribution in [1.82, 2.24) is 14.1 Å². The van der Waals surface area contributed by atoms with E-state index in [0.717, 1.165) is 12.1 Å². The standard InChI is InChI=1S/C9H14N4O2S/c1-12(2)16(14,15)9-6-8-7-10-4-3-5-13(8)11-9/h4,6H,3,5,7H2,1-2H3. The van der Waals surface area contributed by atoms with Crippen LogP contribution in [0.15, 0.2) is 16.1 Å². The zero-order valence-corrected chi connectivity index (χ0v) is 10.1. The molecule has 0 spiro atoms. The summed E-state index contributed by atoms with van der Waals surface area (Å²) in [5.41, 5.74) is 0.842. The third-order valence-electron chi connectivity index (χ3n) is 2.44. The molecule has 2 heterocycles. The maximum atomic E-state index is 11.8. The van der Waals surface area contributed by atoms with Gasteiger partial charge in [0.1, 0.15) is 0 Å². The molecule has 1 aromatic heterocycles. The Morgan fingerprint density at radius 3 is 2.88 bits per heavy atom.